The lowest BCUT2D eigenvalue weighted by Gasteiger charge is -2.19. The van der Waals surface area contributed by atoms with Gasteiger partial charge in [-0.05, 0) is 46.5 Å². The molecule has 0 unspecified atom stereocenters. The van der Waals surface area contributed by atoms with Crippen molar-refractivity contribution < 1.29 is 19.0 Å². The first-order valence-electron chi connectivity index (χ1n) is 7.38. The Morgan fingerprint density at radius 1 is 1.26 bits per heavy atom. The fourth-order valence-electron chi connectivity index (χ4n) is 2.78. The van der Waals surface area contributed by atoms with Crippen LogP contribution in [0.15, 0.2) is 46.9 Å². The molecule has 3 rings (SSSR count). The van der Waals surface area contributed by atoms with Gasteiger partial charge >= 0.3 is 5.97 Å². The molecule has 1 saturated carbocycles. The van der Waals surface area contributed by atoms with Crippen molar-refractivity contribution in [1.29, 1.82) is 0 Å². The molecule has 0 bridgehead atoms. The standard InChI is InChI=1S/C18H16BrFO3/c19-14-9-16(23-11-12-4-2-1-3-5-12)13(8-15(14)20)18(6-7-18)10-17(21)22/h1-5,8-9H,6-7,10-11H2,(H,21,22). The topological polar surface area (TPSA) is 46.5 Å². The highest BCUT2D eigenvalue weighted by molar-refractivity contribution is 9.10. The zero-order chi connectivity index (χ0) is 16.4. The number of halogens is 2. The molecule has 0 atom stereocenters. The first-order valence-corrected chi connectivity index (χ1v) is 8.17. The summed E-state index contributed by atoms with van der Waals surface area (Å²) >= 11 is 3.17. The summed E-state index contributed by atoms with van der Waals surface area (Å²) < 4.78 is 20.2. The van der Waals surface area contributed by atoms with Crippen LogP contribution in [-0.4, -0.2) is 11.1 Å². The first-order chi connectivity index (χ1) is 11.0. The van der Waals surface area contributed by atoms with E-state index in [-0.39, 0.29) is 6.42 Å². The molecule has 0 radical (unpaired) electrons. The number of hydrogen-bond donors (Lipinski definition) is 1. The van der Waals surface area contributed by atoms with E-state index in [1.165, 1.54) is 6.07 Å². The molecule has 120 valence electrons. The minimum absolute atomic E-state index is 0.00420. The molecule has 1 aliphatic carbocycles. The lowest BCUT2D eigenvalue weighted by atomic mass is 9.91. The van der Waals surface area contributed by atoms with E-state index in [1.807, 2.05) is 30.3 Å². The Hall–Kier alpha value is -1.88. The van der Waals surface area contributed by atoms with Gasteiger partial charge in [0.25, 0.3) is 0 Å². The van der Waals surface area contributed by atoms with Gasteiger partial charge in [0.1, 0.15) is 18.2 Å². The second-order valence-corrected chi connectivity index (χ2v) is 6.74. The van der Waals surface area contributed by atoms with Crippen LogP contribution >= 0.6 is 15.9 Å². The van der Waals surface area contributed by atoms with E-state index in [0.717, 1.165) is 18.4 Å². The predicted octanol–water partition coefficient (Wildman–Crippen LogP) is 4.67. The maximum Gasteiger partial charge on any atom is 0.304 e. The summed E-state index contributed by atoms with van der Waals surface area (Å²) in [4.78, 5) is 11.1. The molecule has 0 saturated heterocycles. The Bertz CT molecular complexity index is 727. The molecular formula is C18H16BrFO3. The van der Waals surface area contributed by atoms with Gasteiger partial charge in [-0.3, -0.25) is 4.79 Å². The van der Waals surface area contributed by atoms with E-state index < -0.39 is 17.2 Å². The summed E-state index contributed by atoms with van der Waals surface area (Å²) in [7, 11) is 0. The zero-order valence-corrected chi connectivity index (χ0v) is 14.0. The van der Waals surface area contributed by atoms with E-state index in [0.29, 0.717) is 22.4 Å². The molecule has 1 N–H and O–H groups in total. The number of carboxylic acids is 1. The summed E-state index contributed by atoms with van der Waals surface area (Å²) in [5.41, 5.74) is 1.15. The molecule has 0 aliphatic heterocycles. The van der Waals surface area contributed by atoms with Crippen molar-refractivity contribution in [1.82, 2.24) is 0 Å². The number of benzene rings is 2. The Labute approximate surface area is 142 Å². The molecule has 0 aromatic heterocycles. The molecule has 0 heterocycles. The summed E-state index contributed by atoms with van der Waals surface area (Å²) in [5, 5.41) is 9.13. The van der Waals surface area contributed by atoms with Crippen LogP contribution in [0.3, 0.4) is 0 Å². The van der Waals surface area contributed by atoms with E-state index in [4.69, 9.17) is 9.84 Å². The Balaban J connectivity index is 1.89. The van der Waals surface area contributed by atoms with Crippen molar-refractivity contribution >= 4 is 21.9 Å². The van der Waals surface area contributed by atoms with Crippen molar-refractivity contribution in [2.45, 2.75) is 31.3 Å². The van der Waals surface area contributed by atoms with Gasteiger partial charge in [0.2, 0.25) is 0 Å². The first kappa shape index (κ1) is 16.0. The molecule has 5 heteroatoms. The number of ether oxygens (including phenoxy) is 1. The average Bonchev–Trinajstić information content (AvgIpc) is 3.29. The third-order valence-electron chi connectivity index (χ3n) is 4.17. The van der Waals surface area contributed by atoms with E-state index >= 15 is 0 Å². The van der Waals surface area contributed by atoms with E-state index in [9.17, 15) is 9.18 Å². The van der Waals surface area contributed by atoms with Gasteiger partial charge in [-0.2, -0.15) is 0 Å². The minimum Gasteiger partial charge on any atom is -0.489 e. The van der Waals surface area contributed by atoms with Gasteiger partial charge in [-0.25, -0.2) is 4.39 Å². The number of carbonyl (C=O) groups is 1. The number of aliphatic carboxylic acids is 1. The highest BCUT2D eigenvalue weighted by Gasteiger charge is 2.48. The van der Waals surface area contributed by atoms with Crippen molar-refractivity contribution in [2.75, 3.05) is 0 Å². The van der Waals surface area contributed by atoms with Crippen molar-refractivity contribution in [3.05, 3.63) is 63.9 Å². The van der Waals surface area contributed by atoms with Gasteiger partial charge in [-0.1, -0.05) is 30.3 Å². The number of rotatable bonds is 6. The van der Waals surface area contributed by atoms with Crippen LogP contribution in [0.5, 0.6) is 5.75 Å². The average molecular weight is 379 g/mol. The van der Waals surface area contributed by atoms with Crippen LogP contribution in [0, 0.1) is 5.82 Å². The highest BCUT2D eigenvalue weighted by Crippen LogP contribution is 2.54. The lowest BCUT2D eigenvalue weighted by Crippen LogP contribution is -2.15. The summed E-state index contributed by atoms with van der Waals surface area (Å²) in [6.07, 6.45) is 1.47. The monoisotopic (exact) mass is 378 g/mol. The van der Waals surface area contributed by atoms with Crippen LogP contribution in [0.2, 0.25) is 0 Å². The Morgan fingerprint density at radius 2 is 1.96 bits per heavy atom. The van der Waals surface area contributed by atoms with Gasteiger partial charge in [0, 0.05) is 11.0 Å². The largest absolute Gasteiger partial charge is 0.489 e. The fourth-order valence-corrected chi connectivity index (χ4v) is 3.10. The van der Waals surface area contributed by atoms with Gasteiger partial charge in [0.05, 0.1) is 10.9 Å². The van der Waals surface area contributed by atoms with Crippen LogP contribution in [0.4, 0.5) is 4.39 Å². The highest BCUT2D eigenvalue weighted by atomic mass is 79.9. The predicted molar refractivity (Wildman–Crippen MR) is 88.0 cm³/mol. The van der Waals surface area contributed by atoms with Crippen LogP contribution in [0.25, 0.3) is 0 Å². The molecule has 2 aromatic rings. The normalized spacial score (nSPS) is 15.2. The molecule has 0 amide bonds. The van der Waals surface area contributed by atoms with Gasteiger partial charge in [0.15, 0.2) is 0 Å². The number of hydrogen-bond acceptors (Lipinski definition) is 2. The van der Waals surface area contributed by atoms with Crippen LogP contribution < -0.4 is 4.74 Å². The molecule has 1 fully saturated rings. The van der Waals surface area contributed by atoms with Crippen molar-refractivity contribution in [2.24, 2.45) is 0 Å². The van der Waals surface area contributed by atoms with Crippen molar-refractivity contribution in [3.8, 4) is 5.75 Å². The maximum absolute atomic E-state index is 14.0. The number of carboxylic acid groups (broad SMARTS) is 1. The smallest absolute Gasteiger partial charge is 0.304 e. The molecule has 1 aliphatic rings. The second kappa shape index (κ2) is 6.32. The SMILES string of the molecule is O=C(O)CC1(c2cc(F)c(Br)cc2OCc2ccccc2)CC1. The van der Waals surface area contributed by atoms with E-state index in [2.05, 4.69) is 15.9 Å². The Kier molecular flexibility index (Phi) is 4.39. The quantitative estimate of drug-likeness (QED) is 0.793. The van der Waals surface area contributed by atoms with Crippen LogP contribution in [0.1, 0.15) is 30.4 Å². The second-order valence-electron chi connectivity index (χ2n) is 5.89. The molecule has 0 spiro atoms. The minimum atomic E-state index is -0.875. The molecule has 23 heavy (non-hydrogen) atoms. The summed E-state index contributed by atoms with van der Waals surface area (Å²) in [5.74, 6) is -0.732. The molecule has 3 nitrogen and oxygen atoms in total. The lowest BCUT2D eigenvalue weighted by molar-refractivity contribution is -0.137. The van der Waals surface area contributed by atoms with Crippen molar-refractivity contribution in [3.63, 3.8) is 0 Å². The third kappa shape index (κ3) is 3.55. The van der Waals surface area contributed by atoms with Gasteiger partial charge in [-0.15, -0.1) is 0 Å². The molecule has 2 aromatic carbocycles. The zero-order valence-electron chi connectivity index (χ0n) is 12.4. The van der Waals surface area contributed by atoms with Crippen LogP contribution in [-0.2, 0) is 16.8 Å². The summed E-state index contributed by atoms with van der Waals surface area (Å²) in [6.45, 7) is 0.356. The Morgan fingerprint density at radius 3 is 2.57 bits per heavy atom. The third-order valence-corrected chi connectivity index (χ3v) is 4.78. The van der Waals surface area contributed by atoms with E-state index in [1.54, 1.807) is 6.07 Å². The fraction of sp³-hybridized carbons (Fsp3) is 0.278. The summed E-state index contributed by atoms with van der Waals surface area (Å²) in [6, 6.07) is 12.7. The molecular weight excluding hydrogens is 363 g/mol. The van der Waals surface area contributed by atoms with Gasteiger partial charge < -0.3 is 9.84 Å². The maximum atomic E-state index is 14.0.